The maximum Gasteiger partial charge on any atom is 0.449 e. The maximum atomic E-state index is 12.6. The molecule has 2 rings (SSSR count). The third kappa shape index (κ3) is 5.67. The molecule has 0 aliphatic heterocycles. The van der Waals surface area contributed by atoms with Gasteiger partial charge < -0.3 is 15.0 Å². The quantitative estimate of drug-likeness (QED) is 0.641. The van der Waals surface area contributed by atoms with Crippen molar-refractivity contribution in [3.63, 3.8) is 0 Å². The Morgan fingerprint density at radius 3 is 2.72 bits per heavy atom. The number of rotatable bonds is 2. The number of hydrogen-bond acceptors (Lipinski definition) is 4. The first-order valence-electron chi connectivity index (χ1n) is 7.43. The lowest BCUT2D eigenvalue weighted by Gasteiger charge is -2.19. The standard InChI is InChI=1S/C16H17F3N4O2/c1-15(2,3)25-14(24)20-7-5-4-6-10-8-11-12(21-9-10)23-13(22-11)16(17,18)19/h8-9H,5,7H2,1-3H3,(H,20,24)(H,21,22,23). The van der Waals surface area contributed by atoms with Gasteiger partial charge in [0.2, 0.25) is 5.82 Å². The number of alkyl carbamates (subject to hydrolysis) is 1. The number of halogens is 3. The van der Waals surface area contributed by atoms with Gasteiger partial charge in [0.15, 0.2) is 5.65 Å². The number of aromatic nitrogens is 3. The van der Waals surface area contributed by atoms with Crippen LogP contribution in [0.3, 0.4) is 0 Å². The number of nitrogens with zero attached hydrogens (tertiary/aromatic N) is 2. The van der Waals surface area contributed by atoms with E-state index >= 15 is 0 Å². The Labute approximate surface area is 142 Å². The highest BCUT2D eigenvalue weighted by Gasteiger charge is 2.34. The molecule has 25 heavy (non-hydrogen) atoms. The van der Waals surface area contributed by atoms with Gasteiger partial charge in [0, 0.05) is 24.7 Å². The Kier molecular flexibility index (Phi) is 5.21. The highest BCUT2D eigenvalue weighted by Crippen LogP contribution is 2.28. The number of fused-ring (bicyclic) bond motifs is 1. The number of H-pyrrole nitrogens is 1. The Morgan fingerprint density at radius 1 is 1.36 bits per heavy atom. The van der Waals surface area contributed by atoms with Crippen molar-refractivity contribution in [1.82, 2.24) is 20.3 Å². The second kappa shape index (κ2) is 7.01. The number of imidazole rings is 1. The molecule has 2 N–H and O–H groups in total. The summed E-state index contributed by atoms with van der Waals surface area (Å²) in [6, 6.07) is 1.44. The second-order valence-electron chi connectivity index (χ2n) is 6.16. The summed E-state index contributed by atoms with van der Waals surface area (Å²) in [5.74, 6) is 4.48. The van der Waals surface area contributed by atoms with Crippen molar-refractivity contribution in [2.75, 3.05) is 6.54 Å². The minimum absolute atomic E-state index is 0.0236. The average molecular weight is 354 g/mol. The normalized spacial score (nSPS) is 11.8. The Balaban J connectivity index is 1.93. The minimum Gasteiger partial charge on any atom is -0.444 e. The minimum atomic E-state index is -4.56. The number of carbonyl (C=O) groups excluding carboxylic acids is 1. The third-order valence-electron chi connectivity index (χ3n) is 2.76. The number of carbonyl (C=O) groups is 1. The highest BCUT2D eigenvalue weighted by molar-refractivity contribution is 5.72. The summed E-state index contributed by atoms with van der Waals surface area (Å²) in [6.45, 7) is 5.57. The lowest BCUT2D eigenvalue weighted by Crippen LogP contribution is -2.32. The second-order valence-corrected chi connectivity index (χ2v) is 6.16. The fourth-order valence-electron chi connectivity index (χ4n) is 1.81. The van der Waals surface area contributed by atoms with E-state index < -0.39 is 23.7 Å². The largest absolute Gasteiger partial charge is 0.449 e. The first-order chi connectivity index (χ1) is 11.5. The van der Waals surface area contributed by atoms with Gasteiger partial charge in [-0.1, -0.05) is 11.8 Å². The topological polar surface area (TPSA) is 79.9 Å². The summed E-state index contributed by atoms with van der Waals surface area (Å²) in [7, 11) is 0. The van der Waals surface area contributed by atoms with E-state index in [0.29, 0.717) is 18.5 Å². The van der Waals surface area contributed by atoms with Crippen LogP contribution in [-0.4, -0.2) is 33.2 Å². The van der Waals surface area contributed by atoms with Crippen molar-refractivity contribution in [3.05, 3.63) is 23.7 Å². The SMILES string of the molecule is CC(C)(C)OC(=O)NCCC#Cc1cnc2nc(C(F)(F)F)[nH]c2c1. The van der Waals surface area contributed by atoms with Crippen LogP contribution in [0.2, 0.25) is 0 Å². The molecule has 0 fully saturated rings. The van der Waals surface area contributed by atoms with Gasteiger partial charge in [0.25, 0.3) is 0 Å². The van der Waals surface area contributed by atoms with Crippen molar-refractivity contribution in [1.29, 1.82) is 0 Å². The molecule has 6 nitrogen and oxygen atoms in total. The Morgan fingerprint density at radius 2 is 2.08 bits per heavy atom. The molecule has 0 aliphatic rings. The van der Waals surface area contributed by atoms with Crippen LogP contribution in [-0.2, 0) is 10.9 Å². The van der Waals surface area contributed by atoms with Crippen molar-refractivity contribution >= 4 is 17.3 Å². The fourth-order valence-corrected chi connectivity index (χ4v) is 1.81. The van der Waals surface area contributed by atoms with Crippen molar-refractivity contribution in [2.45, 2.75) is 39.0 Å². The maximum absolute atomic E-state index is 12.6. The number of hydrogen-bond donors (Lipinski definition) is 2. The number of nitrogens with one attached hydrogen (secondary N) is 2. The van der Waals surface area contributed by atoms with Gasteiger partial charge in [0.05, 0.1) is 5.52 Å². The van der Waals surface area contributed by atoms with Crippen LogP contribution >= 0.6 is 0 Å². The van der Waals surface area contributed by atoms with Crippen molar-refractivity contribution < 1.29 is 22.7 Å². The molecule has 0 bridgehead atoms. The van der Waals surface area contributed by atoms with E-state index in [4.69, 9.17) is 4.74 Å². The van der Waals surface area contributed by atoms with Crippen LogP contribution < -0.4 is 5.32 Å². The summed E-state index contributed by atoms with van der Waals surface area (Å²) in [6.07, 6.45) is -3.39. The van der Waals surface area contributed by atoms with Crippen LogP contribution in [0.5, 0.6) is 0 Å². The molecule has 2 heterocycles. The van der Waals surface area contributed by atoms with Crippen LogP contribution in [0.4, 0.5) is 18.0 Å². The molecule has 2 aromatic heterocycles. The summed E-state index contributed by atoms with van der Waals surface area (Å²) in [4.78, 5) is 20.8. The van der Waals surface area contributed by atoms with E-state index in [9.17, 15) is 18.0 Å². The predicted molar refractivity (Wildman–Crippen MR) is 84.6 cm³/mol. The number of aromatic amines is 1. The van der Waals surface area contributed by atoms with Gasteiger partial charge >= 0.3 is 12.3 Å². The number of amides is 1. The Bertz CT molecular complexity index is 826. The molecule has 0 unspecified atom stereocenters. The van der Waals surface area contributed by atoms with Gasteiger partial charge in [-0.05, 0) is 26.8 Å². The Hall–Kier alpha value is -2.76. The molecule has 0 aliphatic carbocycles. The molecule has 0 radical (unpaired) electrons. The molecule has 0 spiro atoms. The molecule has 134 valence electrons. The van der Waals surface area contributed by atoms with Gasteiger partial charge in [0.1, 0.15) is 5.60 Å². The summed E-state index contributed by atoms with van der Waals surface area (Å²) in [5, 5.41) is 2.55. The number of ether oxygens (including phenoxy) is 1. The van der Waals surface area contributed by atoms with Crippen molar-refractivity contribution in [2.24, 2.45) is 0 Å². The molecule has 1 amide bonds. The van der Waals surface area contributed by atoms with E-state index in [1.807, 2.05) is 0 Å². The molecule has 9 heteroatoms. The average Bonchev–Trinajstić information content (AvgIpc) is 2.88. The fraction of sp³-hybridized carbons (Fsp3) is 0.438. The van der Waals surface area contributed by atoms with Gasteiger partial charge in [-0.15, -0.1) is 0 Å². The van der Waals surface area contributed by atoms with Crippen LogP contribution in [0, 0.1) is 11.8 Å². The van der Waals surface area contributed by atoms with E-state index in [-0.39, 0.29) is 11.2 Å². The first-order valence-corrected chi connectivity index (χ1v) is 7.43. The molecule has 0 atom stereocenters. The van der Waals surface area contributed by atoms with Gasteiger partial charge in [-0.25, -0.2) is 14.8 Å². The van der Waals surface area contributed by atoms with Gasteiger partial charge in [-0.2, -0.15) is 13.2 Å². The zero-order chi connectivity index (χ0) is 18.7. The van der Waals surface area contributed by atoms with E-state index in [0.717, 1.165) is 0 Å². The van der Waals surface area contributed by atoms with E-state index in [1.165, 1.54) is 12.3 Å². The third-order valence-corrected chi connectivity index (χ3v) is 2.76. The predicted octanol–water partition coefficient (Wildman–Crippen LogP) is 3.24. The monoisotopic (exact) mass is 354 g/mol. The highest BCUT2D eigenvalue weighted by atomic mass is 19.4. The summed E-state index contributed by atoms with van der Waals surface area (Å²) in [5.41, 5.74) is 0.00790. The van der Waals surface area contributed by atoms with Crippen molar-refractivity contribution in [3.8, 4) is 11.8 Å². The lowest BCUT2D eigenvalue weighted by molar-refractivity contribution is -0.144. The molecule has 0 saturated heterocycles. The zero-order valence-corrected chi connectivity index (χ0v) is 13.9. The smallest absolute Gasteiger partial charge is 0.444 e. The van der Waals surface area contributed by atoms with Crippen LogP contribution in [0.15, 0.2) is 12.3 Å². The number of pyridine rings is 1. The summed E-state index contributed by atoms with van der Waals surface area (Å²) >= 11 is 0. The molecular weight excluding hydrogens is 337 g/mol. The summed E-state index contributed by atoms with van der Waals surface area (Å²) < 4.78 is 42.8. The molecular formula is C16H17F3N4O2. The molecule has 0 aromatic carbocycles. The lowest BCUT2D eigenvalue weighted by atomic mass is 10.2. The van der Waals surface area contributed by atoms with E-state index in [2.05, 4.69) is 32.1 Å². The molecule has 0 saturated carbocycles. The van der Waals surface area contributed by atoms with Gasteiger partial charge in [-0.3, -0.25) is 0 Å². The number of alkyl halides is 3. The van der Waals surface area contributed by atoms with Crippen LogP contribution in [0.25, 0.3) is 11.2 Å². The van der Waals surface area contributed by atoms with Crippen LogP contribution in [0.1, 0.15) is 38.6 Å². The first kappa shape index (κ1) is 18.6. The zero-order valence-electron chi connectivity index (χ0n) is 13.9. The molecule has 2 aromatic rings. The van der Waals surface area contributed by atoms with E-state index in [1.54, 1.807) is 20.8 Å².